The summed E-state index contributed by atoms with van der Waals surface area (Å²) in [5.41, 5.74) is 0.740. The van der Waals surface area contributed by atoms with Gasteiger partial charge in [-0.3, -0.25) is 13.9 Å². The van der Waals surface area contributed by atoms with Crippen molar-refractivity contribution in [3.63, 3.8) is 0 Å². The molecule has 0 heterocycles. The van der Waals surface area contributed by atoms with Gasteiger partial charge in [-0.2, -0.15) is 0 Å². The molecular formula is C31H37F2N3O5S. The molecule has 1 atom stereocenters. The summed E-state index contributed by atoms with van der Waals surface area (Å²) in [5.74, 6) is -1.41. The molecule has 3 rings (SSSR count). The van der Waals surface area contributed by atoms with Crippen LogP contribution in [0, 0.1) is 17.6 Å². The Balaban J connectivity index is 2.04. The van der Waals surface area contributed by atoms with Crippen LogP contribution in [0.25, 0.3) is 0 Å². The van der Waals surface area contributed by atoms with Gasteiger partial charge in [0.2, 0.25) is 11.8 Å². The number of ether oxygens (including phenoxy) is 1. The molecule has 0 saturated heterocycles. The third kappa shape index (κ3) is 8.51. The van der Waals surface area contributed by atoms with Crippen LogP contribution in [0.3, 0.4) is 0 Å². The van der Waals surface area contributed by atoms with E-state index in [1.807, 2.05) is 20.8 Å². The maximum atomic E-state index is 14.0. The van der Waals surface area contributed by atoms with Crippen LogP contribution in [0.4, 0.5) is 14.5 Å². The van der Waals surface area contributed by atoms with E-state index in [-0.39, 0.29) is 35.4 Å². The fraction of sp³-hybridized carbons (Fsp3) is 0.355. The van der Waals surface area contributed by atoms with Crippen LogP contribution in [0.2, 0.25) is 0 Å². The van der Waals surface area contributed by atoms with Crippen LogP contribution >= 0.6 is 0 Å². The number of halogens is 2. The highest BCUT2D eigenvalue weighted by atomic mass is 32.2. The summed E-state index contributed by atoms with van der Waals surface area (Å²) in [6.07, 6.45) is 0.255. The SMILES string of the molecule is CCOc1ccc(N(CC(=O)N(Cc2ccc(F)cc2)C(CC)C(=O)NCC(C)C)S(=O)(=O)c2ccc(F)cc2)cc1. The van der Waals surface area contributed by atoms with Crippen molar-refractivity contribution in [3.8, 4) is 5.75 Å². The third-order valence-electron chi connectivity index (χ3n) is 6.45. The van der Waals surface area contributed by atoms with Gasteiger partial charge >= 0.3 is 0 Å². The fourth-order valence-electron chi connectivity index (χ4n) is 4.27. The van der Waals surface area contributed by atoms with E-state index in [9.17, 15) is 26.8 Å². The van der Waals surface area contributed by atoms with E-state index in [1.54, 1.807) is 19.1 Å². The van der Waals surface area contributed by atoms with Crippen molar-refractivity contribution in [2.45, 2.75) is 51.6 Å². The minimum Gasteiger partial charge on any atom is -0.494 e. The number of nitrogens with zero attached hydrogens (tertiary/aromatic N) is 2. The molecule has 1 N–H and O–H groups in total. The zero-order valence-corrected chi connectivity index (χ0v) is 25.0. The van der Waals surface area contributed by atoms with E-state index in [4.69, 9.17) is 4.74 Å². The molecule has 0 radical (unpaired) electrons. The molecule has 3 aromatic carbocycles. The van der Waals surface area contributed by atoms with Gasteiger partial charge in [-0.1, -0.05) is 32.9 Å². The van der Waals surface area contributed by atoms with Crippen LogP contribution in [0.5, 0.6) is 5.75 Å². The number of nitrogens with one attached hydrogen (secondary N) is 1. The minimum atomic E-state index is -4.35. The lowest BCUT2D eigenvalue weighted by Crippen LogP contribution is -2.52. The van der Waals surface area contributed by atoms with Gasteiger partial charge in [0.25, 0.3) is 10.0 Å². The Hall–Kier alpha value is -3.99. The molecule has 0 aromatic heterocycles. The Bertz CT molecular complexity index is 1430. The Morgan fingerprint density at radius 1 is 0.881 bits per heavy atom. The third-order valence-corrected chi connectivity index (χ3v) is 8.24. The number of amides is 2. The first-order valence-corrected chi connectivity index (χ1v) is 15.2. The maximum Gasteiger partial charge on any atom is 0.264 e. The van der Waals surface area contributed by atoms with Crippen LogP contribution in [0.1, 0.15) is 39.7 Å². The van der Waals surface area contributed by atoms with Crippen molar-refractivity contribution in [2.24, 2.45) is 5.92 Å². The van der Waals surface area contributed by atoms with Gasteiger partial charge in [-0.15, -0.1) is 0 Å². The van der Waals surface area contributed by atoms with Crippen molar-refractivity contribution in [2.75, 3.05) is 24.0 Å². The fourth-order valence-corrected chi connectivity index (χ4v) is 5.68. The molecule has 0 bridgehead atoms. The lowest BCUT2D eigenvalue weighted by molar-refractivity contribution is -0.140. The van der Waals surface area contributed by atoms with E-state index in [2.05, 4.69) is 5.32 Å². The van der Waals surface area contributed by atoms with Crippen LogP contribution in [-0.2, 0) is 26.2 Å². The first-order valence-electron chi connectivity index (χ1n) is 13.8. The van der Waals surface area contributed by atoms with Gasteiger partial charge in [0, 0.05) is 13.1 Å². The van der Waals surface area contributed by atoms with Gasteiger partial charge in [0.05, 0.1) is 17.2 Å². The lowest BCUT2D eigenvalue weighted by atomic mass is 10.1. The van der Waals surface area contributed by atoms with E-state index in [0.717, 1.165) is 28.6 Å². The molecule has 42 heavy (non-hydrogen) atoms. The van der Waals surface area contributed by atoms with Crippen molar-refractivity contribution in [1.29, 1.82) is 0 Å². The Morgan fingerprint density at radius 2 is 1.45 bits per heavy atom. The highest BCUT2D eigenvalue weighted by Crippen LogP contribution is 2.27. The molecule has 0 fully saturated rings. The van der Waals surface area contributed by atoms with Gasteiger partial charge in [-0.25, -0.2) is 17.2 Å². The number of carbonyl (C=O) groups is 2. The number of benzene rings is 3. The standard InChI is InChI=1S/C31H37F2N3O5S/c1-5-29(31(38)34-19-22(3)4)35(20-23-7-9-24(32)10-8-23)30(37)21-36(26-13-15-27(16-14-26)41-6-2)42(39,40)28-17-11-25(33)12-18-28/h7-18,22,29H,5-6,19-21H2,1-4H3,(H,34,38). The van der Waals surface area contributed by atoms with Crippen LogP contribution < -0.4 is 14.4 Å². The molecule has 0 aliphatic heterocycles. The first-order chi connectivity index (χ1) is 20.0. The molecule has 0 aliphatic carbocycles. The summed E-state index contributed by atoms with van der Waals surface area (Å²) in [4.78, 5) is 28.4. The molecule has 8 nitrogen and oxygen atoms in total. The van der Waals surface area contributed by atoms with Gasteiger partial charge in [-0.05, 0) is 85.5 Å². The van der Waals surface area contributed by atoms with Gasteiger partial charge in [0.1, 0.15) is 30.0 Å². The smallest absolute Gasteiger partial charge is 0.264 e. The second-order valence-electron chi connectivity index (χ2n) is 10.1. The number of hydrogen-bond donors (Lipinski definition) is 1. The monoisotopic (exact) mass is 601 g/mol. The molecule has 2 amide bonds. The van der Waals surface area contributed by atoms with Crippen LogP contribution in [0.15, 0.2) is 77.7 Å². The zero-order valence-electron chi connectivity index (χ0n) is 24.2. The summed E-state index contributed by atoms with van der Waals surface area (Å²) in [5, 5.41) is 2.85. The second kappa shape index (κ2) is 14.8. The molecule has 0 aliphatic rings. The number of carbonyl (C=O) groups excluding carboxylic acids is 2. The summed E-state index contributed by atoms with van der Waals surface area (Å²) in [7, 11) is -4.35. The summed E-state index contributed by atoms with van der Waals surface area (Å²) >= 11 is 0. The maximum absolute atomic E-state index is 14.0. The Kier molecular flexibility index (Phi) is 11.4. The van der Waals surface area contributed by atoms with Crippen molar-refractivity contribution >= 4 is 27.5 Å². The van der Waals surface area contributed by atoms with Crippen molar-refractivity contribution < 1.29 is 31.5 Å². The molecular weight excluding hydrogens is 564 g/mol. The molecule has 3 aromatic rings. The number of hydrogen-bond acceptors (Lipinski definition) is 5. The normalized spacial score (nSPS) is 12.1. The summed E-state index contributed by atoms with van der Waals surface area (Å²) < 4.78 is 61.3. The van der Waals surface area contributed by atoms with Crippen molar-refractivity contribution in [3.05, 3.63) is 90.0 Å². The first kappa shape index (κ1) is 32.5. The Labute approximate surface area is 246 Å². The van der Waals surface area contributed by atoms with Crippen molar-refractivity contribution in [1.82, 2.24) is 10.2 Å². The molecule has 11 heteroatoms. The highest BCUT2D eigenvalue weighted by Gasteiger charge is 2.33. The van der Waals surface area contributed by atoms with Crippen LogP contribution in [-0.4, -0.2) is 50.9 Å². The summed E-state index contributed by atoms with van der Waals surface area (Å²) in [6, 6.07) is 15.1. The number of rotatable bonds is 14. The highest BCUT2D eigenvalue weighted by molar-refractivity contribution is 7.92. The van der Waals surface area contributed by atoms with E-state index < -0.39 is 40.2 Å². The minimum absolute atomic E-state index is 0.0551. The molecule has 0 saturated carbocycles. The zero-order chi connectivity index (χ0) is 30.9. The van der Waals surface area contributed by atoms with E-state index in [0.29, 0.717) is 24.5 Å². The average molecular weight is 602 g/mol. The van der Waals surface area contributed by atoms with Gasteiger partial charge < -0.3 is 15.0 Å². The second-order valence-corrected chi connectivity index (χ2v) is 12.0. The quantitative estimate of drug-likeness (QED) is 0.276. The largest absolute Gasteiger partial charge is 0.494 e. The predicted octanol–water partition coefficient (Wildman–Crippen LogP) is 5.14. The molecule has 226 valence electrons. The summed E-state index contributed by atoms with van der Waals surface area (Å²) in [6.45, 7) is 7.55. The Morgan fingerprint density at radius 3 is 1.98 bits per heavy atom. The van der Waals surface area contributed by atoms with Gasteiger partial charge in [0.15, 0.2) is 0 Å². The average Bonchev–Trinajstić information content (AvgIpc) is 2.96. The van der Waals surface area contributed by atoms with E-state index >= 15 is 0 Å². The predicted molar refractivity (Wildman–Crippen MR) is 157 cm³/mol. The number of anilines is 1. The topological polar surface area (TPSA) is 96.0 Å². The molecule has 0 spiro atoms. The number of sulfonamides is 1. The van der Waals surface area contributed by atoms with E-state index in [1.165, 1.54) is 41.3 Å². The molecule has 1 unspecified atom stereocenters. The lowest BCUT2D eigenvalue weighted by Gasteiger charge is -2.33.